The van der Waals surface area contributed by atoms with E-state index in [1.807, 2.05) is 12.2 Å². The standard InChI is InChI=1S/C9H14F3N/c10-9(11,12)8(6-13)7-4-2-1-3-5-7/h1-2,7-8H,3-6,13H2. The Morgan fingerprint density at radius 2 is 2.08 bits per heavy atom. The maximum Gasteiger partial charge on any atom is 0.393 e. The topological polar surface area (TPSA) is 26.0 Å². The van der Waals surface area contributed by atoms with Crippen LogP contribution in [0.25, 0.3) is 0 Å². The van der Waals surface area contributed by atoms with Crippen molar-refractivity contribution in [2.24, 2.45) is 17.6 Å². The van der Waals surface area contributed by atoms with Crippen molar-refractivity contribution < 1.29 is 13.2 Å². The van der Waals surface area contributed by atoms with Crippen molar-refractivity contribution in [3.63, 3.8) is 0 Å². The Kier molecular flexibility index (Phi) is 3.36. The van der Waals surface area contributed by atoms with E-state index in [4.69, 9.17) is 5.73 Å². The van der Waals surface area contributed by atoms with E-state index in [0.29, 0.717) is 12.8 Å². The van der Waals surface area contributed by atoms with Crippen molar-refractivity contribution in [1.29, 1.82) is 0 Å². The first-order valence-corrected chi connectivity index (χ1v) is 4.47. The molecule has 0 amide bonds. The minimum atomic E-state index is -4.13. The summed E-state index contributed by atoms with van der Waals surface area (Å²) in [4.78, 5) is 0. The highest BCUT2D eigenvalue weighted by molar-refractivity contribution is 4.93. The van der Waals surface area contributed by atoms with Crippen LogP contribution < -0.4 is 5.73 Å². The summed E-state index contributed by atoms with van der Waals surface area (Å²) in [6.45, 7) is -0.290. The van der Waals surface area contributed by atoms with E-state index in [0.717, 1.165) is 6.42 Å². The van der Waals surface area contributed by atoms with E-state index in [2.05, 4.69) is 0 Å². The van der Waals surface area contributed by atoms with Crippen molar-refractivity contribution in [1.82, 2.24) is 0 Å². The van der Waals surface area contributed by atoms with Crippen molar-refractivity contribution in [3.8, 4) is 0 Å². The van der Waals surface area contributed by atoms with Gasteiger partial charge in [-0.2, -0.15) is 13.2 Å². The Bertz CT molecular complexity index is 186. The Hall–Kier alpha value is -0.510. The van der Waals surface area contributed by atoms with Gasteiger partial charge >= 0.3 is 6.18 Å². The van der Waals surface area contributed by atoms with E-state index in [9.17, 15) is 13.2 Å². The molecule has 1 rings (SSSR count). The molecule has 1 aliphatic carbocycles. The zero-order chi connectivity index (χ0) is 9.90. The molecule has 76 valence electrons. The predicted octanol–water partition coefficient (Wildman–Crippen LogP) is 2.48. The molecule has 0 heterocycles. The number of hydrogen-bond acceptors (Lipinski definition) is 1. The summed E-state index contributed by atoms with van der Waals surface area (Å²) in [7, 11) is 0. The van der Waals surface area contributed by atoms with Gasteiger partial charge in [0.25, 0.3) is 0 Å². The largest absolute Gasteiger partial charge is 0.393 e. The third kappa shape index (κ3) is 2.72. The Labute approximate surface area is 75.8 Å². The molecule has 0 saturated heterocycles. The van der Waals surface area contributed by atoms with Gasteiger partial charge in [0, 0.05) is 6.54 Å². The third-order valence-electron chi connectivity index (χ3n) is 2.55. The summed E-state index contributed by atoms with van der Waals surface area (Å²) in [6, 6.07) is 0. The molecule has 0 aromatic rings. The molecule has 0 aliphatic heterocycles. The number of alkyl halides is 3. The number of hydrogen-bond donors (Lipinski definition) is 1. The first-order valence-electron chi connectivity index (χ1n) is 4.47. The molecule has 2 atom stereocenters. The van der Waals surface area contributed by atoms with Crippen LogP contribution in [0.15, 0.2) is 12.2 Å². The van der Waals surface area contributed by atoms with Gasteiger partial charge in [-0.1, -0.05) is 12.2 Å². The number of nitrogens with two attached hydrogens (primary N) is 1. The minimum Gasteiger partial charge on any atom is -0.330 e. The van der Waals surface area contributed by atoms with Crippen LogP contribution in [0, 0.1) is 11.8 Å². The fourth-order valence-corrected chi connectivity index (χ4v) is 1.78. The lowest BCUT2D eigenvalue weighted by Gasteiger charge is -2.28. The van der Waals surface area contributed by atoms with Crippen LogP contribution in [-0.2, 0) is 0 Å². The Morgan fingerprint density at radius 1 is 1.38 bits per heavy atom. The van der Waals surface area contributed by atoms with E-state index >= 15 is 0 Å². The molecule has 2 unspecified atom stereocenters. The molecule has 0 spiro atoms. The maximum atomic E-state index is 12.4. The molecule has 0 bridgehead atoms. The maximum absolute atomic E-state index is 12.4. The number of allylic oxidation sites excluding steroid dienone is 2. The molecule has 0 radical (unpaired) electrons. The van der Waals surface area contributed by atoms with Crippen LogP contribution in [0.1, 0.15) is 19.3 Å². The Balaban J connectivity index is 2.60. The summed E-state index contributed by atoms with van der Waals surface area (Å²) >= 11 is 0. The minimum absolute atomic E-state index is 0.290. The van der Waals surface area contributed by atoms with Crippen molar-refractivity contribution in [2.45, 2.75) is 25.4 Å². The lowest BCUT2D eigenvalue weighted by molar-refractivity contribution is -0.186. The fourth-order valence-electron chi connectivity index (χ4n) is 1.78. The van der Waals surface area contributed by atoms with Crippen LogP contribution in [0.4, 0.5) is 13.2 Å². The molecule has 13 heavy (non-hydrogen) atoms. The smallest absolute Gasteiger partial charge is 0.330 e. The van der Waals surface area contributed by atoms with Gasteiger partial charge in [0.15, 0.2) is 0 Å². The highest BCUT2D eigenvalue weighted by Gasteiger charge is 2.43. The van der Waals surface area contributed by atoms with E-state index in [1.165, 1.54) is 0 Å². The lowest BCUT2D eigenvalue weighted by atomic mass is 9.82. The van der Waals surface area contributed by atoms with Gasteiger partial charge in [0.1, 0.15) is 0 Å². The van der Waals surface area contributed by atoms with Gasteiger partial charge < -0.3 is 5.73 Å². The number of rotatable bonds is 2. The molecule has 0 fully saturated rings. The van der Waals surface area contributed by atoms with Gasteiger partial charge in [-0.3, -0.25) is 0 Å². The van der Waals surface area contributed by atoms with Gasteiger partial charge in [0.05, 0.1) is 5.92 Å². The van der Waals surface area contributed by atoms with E-state index < -0.39 is 12.1 Å². The van der Waals surface area contributed by atoms with Gasteiger partial charge in [-0.15, -0.1) is 0 Å². The van der Waals surface area contributed by atoms with Crippen LogP contribution in [0.3, 0.4) is 0 Å². The Morgan fingerprint density at radius 3 is 2.46 bits per heavy atom. The second-order valence-electron chi connectivity index (χ2n) is 3.43. The highest BCUT2D eigenvalue weighted by atomic mass is 19.4. The second-order valence-corrected chi connectivity index (χ2v) is 3.43. The van der Waals surface area contributed by atoms with E-state index in [1.54, 1.807) is 0 Å². The normalized spacial score (nSPS) is 26.0. The summed E-state index contributed by atoms with van der Waals surface area (Å²) in [5, 5.41) is 0. The van der Waals surface area contributed by atoms with Crippen molar-refractivity contribution >= 4 is 0 Å². The predicted molar refractivity (Wildman–Crippen MR) is 45.1 cm³/mol. The van der Waals surface area contributed by atoms with Crippen LogP contribution in [-0.4, -0.2) is 12.7 Å². The third-order valence-corrected chi connectivity index (χ3v) is 2.55. The molecule has 0 aromatic heterocycles. The highest BCUT2D eigenvalue weighted by Crippen LogP contribution is 2.36. The summed E-state index contributed by atoms with van der Waals surface area (Å²) in [5.41, 5.74) is 5.15. The van der Waals surface area contributed by atoms with Crippen LogP contribution >= 0.6 is 0 Å². The van der Waals surface area contributed by atoms with Gasteiger partial charge in [-0.05, 0) is 25.2 Å². The average Bonchev–Trinajstić information content (AvgIpc) is 2.05. The molecular formula is C9H14F3N. The second kappa shape index (κ2) is 4.13. The van der Waals surface area contributed by atoms with E-state index in [-0.39, 0.29) is 12.5 Å². The molecule has 1 aliphatic rings. The summed E-state index contributed by atoms with van der Waals surface area (Å²) in [5.74, 6) is -1.63. The molecule has 0 aromatic carbocycles. The SMILES string of the molecule is NCC(C1CC=CCC1)C(F)(F)F. The van der Waals surface area contributed by atoms with Gasteiger partial charge in [-0.25, -0.2) is 0 Å². The zero-order valence-electron chi connectivity index (χ0n) is 7.35. The summed E-state index contributed by atoms with van der Waals surface area (Å²) in [6.07, 6.45) is 1.49. The molecule has 0 saturated carbocycles. The molecule has 2 N–H and O–H groups in total. The lowest BCUT2D eigenvalue weighted by Crippen LogP contribution is -2.36. The zero-order valence-corrected chi connectivity index (χ0v) is 7.35. The van der Waals surface area contributed by atoms with Gasteiger partial charge in [0.2, 0.25) is 0 Å². The molecule has 4 heteroatoms. The first kappa shape index (κ1) is 10.6. The van der Waals surface area contributed by atoms with Crippen molar-refractivity contribution in [2.75, 3.05) is 6.54 Å². The average molecular weight is 193 g/mol. The fraction of sp³-hybridized carbons (Fsp3) is 0.778. The number of halogens is 3. The molecule has 1 nitrogen and oxygen atoms in total. The molecular weight excluding hydrogens is 179 g/mol. The quantitative estimate of drug-likeness (QED) is 0.670. The van der Waals surface area contributed by atoms with Crippen molar-refractivity contribution in [3.05, 3.63) is 12.2 Å². The first-order chi connectivity index (χ1) is 6.05. The summed E-state index contributed by atoms with van der Waals surface area (Å²) < 4.78 is 37.2. The van der Waals surface area contributed by atoms with Crippen LogP contribution in [0.5, 0.6) is 0 Å². The van der Waals surface area contributed by atoms with Crippen LogP contribution in [0.2, 0.25) is 0 Å². The monoisotopic (exact) mass is 193 g/mol.